The molecule has 1 heterocycles. The summed E-state index contributed by atoms with van der Waals surface area (Å²) in [6.45, 7) is 1.56. The van der Waals surface area contributed by atoms with Crippen LogP contribution < -0.4 is 11.1 Å². The van der Waals surface area contributed by atoms with Gasteiger partial charge in [-0.05, 0) is 23.8 Å². The number of nitrogens with one attached hydrogen (secondary N) is 1. The number of amides is 1. The average Bonchev–Trinajstić information content (AvgIpc) is 2.93. The molecule has 0 bridgehead atoms. The number of carbonyl (C=O) groups excluding carboxylic acids is 1. The predicted molar refractivity (Wildman–Crippen MR) is 70.8 cm³/mol. The highest BCUT2D eigenvalue weighted by molar-refractivity contribution is 5.64. The number of primary amides is 1. The normalized spacial score (nSPS) is 10.3. The molecule has 6 heteroatoms. The van der Waals surface area contributed by atoms with Crippen molar-refractivity contribution in [2.45, 2.75) is 6.54 Å². The molecule has 0 spiro atoms. The van der Waals surface area contributed by atoms with E-state index < -0.39 is 6.09 Å². The molecule has 0 aliphatic carbocycles. The number of hydrogen-bond acceptors (Lipinski definition) is 4. The van der Waals surface area contributed by atoms with Gasteiger partial charge in [0.25, 0.3) is 0 Å². The zero-order chi connectivity index (χ0) is 13.5. The maximum Gasteiger partial charge on any atom is 0.404 e. The van der Waals surface area contributed by atoms with Crippen molar-refractivity contribution in [2.24, 2.45) is 5.73 Å². The van der Waals surface area contributed by atoms with Crippen molar-refractivity contribution in [3.05, 3.63) is 48.3 Å². The number of rotatable bonds is 6. The van der Waals surface area contributed by atoms with Crippen LogP contribution in [0, 0.1) is 0 Å². The molecule has 0 aliphatic heterocycles. The van der Waals surface area contributed by atoms with E-state index in [0.29, 0.717) is 13.1 Å². The molecular weight excluding hydrogens is 244 g/mol. The minimum absolute atomic E-state index is 0.278. The van der Waals surface area contributed by atoms with Crippen LogP contribution in [0.2, 0.25) is 0 Å². The fraction of sp³-hybridized carbons (Fsp3) is 0.231. The molecule has 6 nitrogen and oxygen atoms in total. The molecule has 100 valence electrons. The Kier molecular flexibility index (Phi) is 4.52. The predicted octanol–water partition coefficient (Wildman–Crippen LogP) is 1.06. The van der Waals surface area contributed by atoms with Gasteiger partial charge in [-0.15, -0.1) is 0 Å². The monoisotopic (exact) mass is 260 g/mol. The lowest BCUT2D eigenvalue weighted by molar-refractivity contribution is 0.157. The lowest BCUT2D eigenvalue weighted by atomic mass is 10.2. The van der Waals surface area contributed by atoms with Gasteiger partial charge in [-0.1, -0.05) is 12.1 Å². The highest BCUT2D eigenvalue weighted by Gasteiger charge is 1.97. The van der Waals surface area contributed by atoms with E-state index in [1.54, 1.807) is 10.9 Å². The Balaban J connectivity index is 1.78. The van der Waals surface area contributed by atoms with Crippen molar-refractivity contribution in [1.82, 2.24) is 15.1 Å². The number of nitrogens with zero attached hydrogens (tertiary/aromatic N) is 2. The van der Waals surface area contributed by atoms with E-state index in [2.05, 4.69) is 15.2 Å². The second-order valence-corrected chi connectivity index (χ2v) is 3.96. The summed E-state index contributed by atoms with van der Waals surface area (Å²) in [7, 11) is 0. The van der Waals surface area contributed by atoms with Crippen LogP contribution >= 0.6 is 0 Å². The van der Waals surface area contributed by atoms with Crippen LogP contribution in [0.3, 0.4) is 0 Å². The summed E-state index contributed by atoms with van der Waals surface area (Å²) >= 11 is 0. The molecule has 0 unspecified atom stereocenters. The molecule has 0 saturated carbocycles. The first-order valence-corrected chi connectivity index (χ1v) is 5.97. The molecule has 1 amide bonds. The summed E-state index contributed by atoms with van der Waals surface area (Å²) < 4.78 is 6.42. The van der Waals surface area contributed by atoms with Crippen LogP contribution in [0.4, 0.5) is 4.79 Å². The molecule has 1 aromatic heterocycles. The maximum atomic E-state index is 10.3. The Morgan fingerprint density at radius 2 is 2.16 bits per heavy atom. The summed E-state index contributed by atoms with van der Waals surface area (Å²) in [6, 6.07) is 9.94. The quantitative estimate of drug-likeness (QED) is 0.761. The van der Waals surface area contributed by atoms with E-state index in [-0.39, 0.29) is 6.61 Å². The maximum absolute atomic E-state index is 10.3. The highest BCUT2D eigenvalue weighted by Crippen LogP contribution is 2.08. The van der Waals surface area contributed by atoms with Gasteiger partial charge in [0.05, 0.1) is 5.69 Å². The van der Waals surface area contributed by atoms with Crippen molar-refractivity contribution >= 4 is 6.09 Å². The molecule has 2 rings (SSSR count). The van der Waals surface area contributed by atoms with Gasteiger partial charge in [-0.3, -0.25) is 0 Å². The Labute approximate surface area is 111 Å². The van der Waals surface area contributed by atoms with Gasteiger partial charge in [-0.2, -0.15) is 5.10 Å². The molecule has 2 aromatic rings. The number of carbonyl (C=O) groups is 1. The van der Waals surface area contributed by atoms with Crippen molar-refractivity contribution in [3.63, 3.8) is 0 Å². The molecule has 0 aliphatic rings. The third kappa shape index (κ3) is 4.11. The van der Waals surface area contributed by atoms with E-state index in [4.69, 9.17) is 5.73 Å². The van der Waals surface area contributed by atoms with Gasteiger partial charge < -0.3 is 15.8 Å². The molecule has 0 atom stereocenters. The van der Waals surface area contributed by atoms with E-state index >= 15 is 0 Å². The second kappa shape index (κ2) is 6.55. The van der Waals surface area contributed by atoms with Crippen LogP contribution in [0.5, 0.6) is 0 Å². The van der Waals surface area contributed by atoms with Crippen LogP contribution in [0.1, 0.15) is 5.56 Å². The first-order valence-electron chi connectivity index (χ1n) is 5.97. The Bertz CT molecular complexity index is 508. The second-order valence-electron chi connectivity index (χ2n) is 3.96. The van der Waals surface area contributed by atoms with Crippen LogP contribution in [-0.4, -0.2) is 29.0 Å². The summed E-state index contributed by atoms with van der Waals surface area (Å²) in [5.41, 5.74) is 7.02. The zero-order valence-corrected chi connectivity index (χ0v) is 10.5. The first kappa shape index (κ1) is 13.1. The van der Waals surface area contributed by atoms with Gasteiger partial charge >= 0.3 is 6.09 Å². The number of aromatic nitrogens is 2. The summed E-state index contributed by atoms with van der Waals surface area (Å²) in [4.78, 5) is 10.3. The van der Waals surface area contributed by atoms with Gasteiger partial charge in [-0.25, -0.2) is 9.48 Å². The number of benzene rings is 1. The third-order valence-corrected chi connectivity index (χ3v) is 2.56. The molecule has 3 N–H and O–H groups in total. The Hall–Kier alpha value is -2.34. The largest absolute Gasteiger partial charge is 0.448 e. The van der Waals surface area contributed by atoms with Crippen LogP contribution in [-0.2, 0) is 11.3 Å². The smallest absolute Gasteiger partial charge is 0.404 e. The number of hydrogen-bond donors (Lipinski definition) is 2. The van der Waals surface area contributed by atoms with Crippen LogP contribution in [0.15, 0.2) is 42.7 Å². The van der Waals surface area contributed by atoms with Crippen molar-refractivity contribution < 1.29 is 9.53 Å². The Morgan fingerprint density at radius 1 is 1.37 bits per heavy atom. The Morgan fingerprint density at radius 3 is 2.79 bits per heavy atom. The molecule has 0 radical (unpaired) electrons. The van der Waals surface area contributed by atoms with Gasteiger partial charge in [0.2, 0.25) is 0 Å². The van der Waals surface area contributed by atoms with Gasteiger partial charge in [0.1, 0.15) is 6.61 Å². The zero-order valence-electron chi connectivity index (χ0n) is 10.5. The van der Waals surface area contributed by atoms with Crippen LogP contribution in [0.25, 0.3) is 5.69 Å². The van der Waals surface area contributed by atoms with E-state index in [9.17, 15) is 4.79 Å². The van der Waals surface area contributed by atoms with Gasteiger partial charge in [0.15, 0.2) is 0 Å². The van der Waals surface area contributed by atoms with E-state index in [0.717, 1.165) is 11.3 Å². The van der Waals surface area contributed by atoms with Crippen molar-refractivity contribution in [1.29, 1.82) is 0 Å². The lowest BCUT2D eigenvalue weighted by Gasteiger charge is -2.06. The van der Waals surface area contributed by atoms with Crippen molar-refractivity contribution in [3.8, 4) is 5.69 Å². The fourth-order valence-electron chi connectivity index (χ4n) is 1.64. The SMILES string of the molecule is NC(=O)OCCNCc1ccc(-n2cccn2)cc1. The van der Waals surface area contributed by atoms with Gasteiger partial charge in [0, 0.05) is 25.5 Å². The fourth-order valence-corrected chi connectivity index (χ4v) is 1.64. The van der Waals surface area contributed by atoms with E-state index in [1.165, 1.54) is 0 Å². The van der Waals surface area contributed by atoms with Crippen molar-refractivity contribution in [2.75, 3.05) is 13.2 Å². The summed E-state index contributed by atoms with van der Waals surface area (Å²) in [5.74, 6) is 0. The summed E-state index contributed by atoms with van der Waals surface area (Å²) in [6.07, 6.45) is 2.90. The molecule has 0 saturated heterocycles. The summed E-state index contributed by atoms with van der Waals surface area (Å²) in [5, 5.41) is 7.32. The minimum Gasteiger partial charge on any atom is -0.448 e. The molecular formula is C13H16N4O2. The number of ether oxygens (including phenoxy) is 1. The topological polar surface area (TPSA) is 82.2 Å². The lowest BCUT2D eigenvalue weighted by Crippen LogP contribution is -2.23. The average molecular weight is 260 g/mol. The molecule has 1 aromatic carbocycles. The first-order chi connectivity index (χ1) is 9.25. The molecule has 19 heavy (non-hydrogen) atoms. The highest BCUT2D eigenvalue weighted by atomic mass is 16.5. The third-order valence-electron chi connectivity index (χ3n) is 2.56. The molecule has 0 fully saturated rings. The van der Waals surface area contributed by atoms with E-state index in [1.807, 2.05) is 36.5 Å². The standard InChI is InChI=1S/C13H16N4O2/c14-13(18)19-9-7-15-10-11-2-4-12(5-3-11)17-8-1-6-16-17/h1-6,8,15H,7,9-10H2,(H2,14,18). The number of nitrogens with two attached hydrogens (primary N) is 1. The minimum atomic E-state index is -0.745.